The van der Waals surface area contributed by atoms with Gasteiger partial charge in [-0.25, -0.2) is 0 Å². The lowest BCUT2D eigenvalue weighted by atomic mass is 9.97. The van der Waals surface area contributed by atoms with Crippen LogP contribution in [0.4, 0.5) is 0 Å². The van der Waals surface area contributed by atoms with Gasteiger partial charge >= 0.3 is 0 Å². The molecule has 1 N–H and O–H groups in total. The van der Waals surface area contributed by atoms with Gasteiger partial charge < -0.3 is 9.88 Å². The second kappa shape index (κ2) is 5.86. The molecule has 1 aliphatic rings. The molecule has 0 amide bonds. The van der Waals surface area contributed by atoms with E-state index in [-0.39, 0.29) is 5.78 Å². The fourth-order valence-corrected chi connectivity index (χ4v) is 2.86. The number of benzene rings is 1. The van der Waals surface area contributed by atoms with E-state index in [1.807, 2.05) is 12.3 Å². The summed E-state index contributed by atoms with van der Waals surface area (Å²) in [6.07, 6.45) is 4.67. The van der Waals surface area contributed by atoms with Crippen LogP contribution in [0.5, 0.6) is 0 Å². The van der Waals surface area contributed by atoms with Crippen molar-refractivity contribution in [2.45, 2.75) is 45.7 Å². The molecule has 110 valence electrons. The van der Waals surface area contributed by atoms with Crippen LogP contribution in [0.3, 0.4) is 0 Å². The molecule has 1 heterocycles. The lowest BCUT2D eigenvalue weighted by Gasteiger charge is -2.15. The lowest BCUT2D eigenvalue weighted by molar-refractivity contribution is 0.0972. The number of aromatic nitrogens is 1. The SMILES string of the molecule is CC(C)NCc1ccc(-n2ccc3c2CCCC3=O)cc1. The average molecular weight is 282 g/mol. The number of hydrogen-bond acceptors (Lipinski definition) is 2. The van der Waals surface area contributed by atoms with E-state index in [1.165, 1.54) is 11.3 Å². The van der Waals surface area contributed by atoms with Crippen LogP contribution in [0, 0.1) is 0 Å². The van der Waals surface area contributed by atoms with Crippen molar-refractivity contribution in [1.29, 1.82) is 0 Å². The van der Waals surface area contributed by atoms with E-state index in [4.69, 9.17) is 0 Å². The van der Waals surface area contributed by atoms with Gasteiger partial charge in [-0.15, -0.1) is 0 Å². The molecule has 0 fully saturated rings. The number of nitrogens with zero attached hydrogens (tertiary/aromatic N) is 1. The summed E-state index contributed by atoms with van der Waals surface area (Å²) in [5.74, 6) is 0.285. The molecule has 3 rings (SSSR count). The van der Waals surface area contributed by atoms with Gasteiger partial charge in [0.1, 0.15) is 0 Å². The molecule has 0 spiro atoms. The Balaban J connectivity index is 1.83. The summed E-state index contributed by atoms with van der Waals surface area (Å²) < 4.78 is 2.16. The largest absolute Gasteiger partial charge is 0.320 e. The second-order valence-corrected chi connectivity index (χ2v) is 6.02. The highest BCUT2D eigenvalue weighted by atomic mass is 16.1. The predicted octanol–water partition coefficient (Wildman–Crippen LogP) is 3.49. The molecule has 1 aliphatic carbocycles. The third-order valence-corrected chi connectivity index (χ3v) is 4.04. The maximum atomic E-state index is 11.9. The van der Waals surface area contributed by atoms with Crippen LogP contribution in [-0.4, -0.2) is 16.4 Å². The van der Waals surface area contributed by atoms with Crippen molar-refractivity contribution in [3.63, 3.8) is 0 Å². The van der Waals surface area contributed by atoms with Crippen LogP contribution in [0.25, 0.3) is 5.69 Å². The molecule has 1 aromatic carbocycles. The molecule has 3 heteroatoms. The minimum Gasteiger partial charge on any atom is -0.320 e. The Labute approximate surface area is 126 Å². The third kappa shape index (κ3) is 2.93. The van der Waals surface area contributed by atoms with Gasteiger partial charge in [-0.05, 0) is 36.6 Å². The topological polar surface area (TPSA) is 34.0 Å². The summed E-state index contributed by atoms with van der Waals surface area (Å²) in [5.41, 5.74) is 4.50. The molecule has 3 nitrogen and oxygen atoms in total. The van der Waals surface area contributed by atoms with Gasteiger partial charge in [0.2, 0.25) is 0 Å². The predicted molar refractivity (Wildman–Crippen MR) is 85.0 cm³/mol. The zero-order chi connectivity index (χ0) is 14.8. The molecule has 0 radical (unpaired) electrons. The first-order chi connectivity index (χ1) is 10.1. The maximum Gasteiger partial charge on any atom is 0.164 e. The van der Waals surface area contributed by atoms with Gasteiger partial charge in [-0.3, -0.25) is 4.79 Å². The number of fused-ring (bicyclic) bond motifs is 1. The van der Waals surface area contributed by atoms with Crippen molar-refractivity contribution in [3.8, 4) is 5.69 Å². The number of rotatable bonds is 4. The van der Waals surface area contributed by atoms with Crippen LogP contribution in [0.2, 0.25) is 0 Å². The van der Waals surface area contributed by atoms with Crippen molar-refractivity contribution in [2.24, 2.45) is 0 Å². The molecular formula is C18H22N2O. The molecule has 0 saturated carbocycles. The highest BCUT2D eigenvalue weighted by Gasteiger charge is 2.20. The number of Topliss-reactive ketones (excluding diaryl/α,β-unsaturated/α-hetero) is 1. The van der Waals surface area contributed by atoms with Crippen LogP contribution < -0.4 is 5.32 Å². The van der Waals surface area contributed by atoms with E-state index in [0.717, 1.165) is 30.6 Å². The Morgan fingerprint density at radius 1 is 1.14 bits per heavy atom. The van der Waals surface area contributed by atoms with Crippen LogP contribution in [0.15, 0.2) is 36.5 Å². The van der Waals surface area contributed by atoms with Gasteiger partial charge in [0.05, 0.1) is 0 Å². The summed E-state index contributed by atoms with van der Waals surface area (Å²) in [4.78, 5) is 11.9. The molecule has 0 atom stereocenters. The van der Waals surface area contributed by atoms with E-state index in [9.17, 15) is 4.79 Å². The fraction of sp³-hybridized carbons (Fsp3) is 0.389. The summed E-state index contributed by atoms with van der Waals surface area (Å²) >= 11 is 0. The van der Waals surface area contributed by atoms with Gasteiger partial charge in [-0.1, -0.05) is 26.0 Å². The van der Waals surface area contributed by atoms with Gasteiger partial charge in [0.25, 0.3) is 0 Å². The van der Waals surface area contributed by atoms with Crippen molar-refractivity contribution in [2.75, 3.05) is 0 Å². The molecule has 0 aliphatic heterocycles. The summed E-state index contributed by atoms with van der Waals surface area (Å²) in [7, 11) is 0. The quantitative estimate of drug-likeness (QED) is 0.931. The fourth-order valence-electron chi connectivity index (χ4n) is 2.86. The number of ketones is 1. The molecule has 0 saturated heterocycles. The summed E-state index contributed by atoms with van der Waals surface area (Å²) in [5, 5.41) is 3.42. The zero-order valence-corrected chi connectivity index (χ0v) is 12.7. The first-order valence-corrected chi connectivity index (χ1v) is 7.71. The molecule has 21 heavy (non-hydrogen) atoms. The zero-order valence-electron chi connectivity index (χ0n) is 12.7. The smallest absolute Gasteiger partial charge is 0.164 e. The molecule has 0 unspecified atom stereocenters. The van der Waals surface area contributed by atoms with E-state index in [2.05, 4.69) is 48.0 Å². The van der Waals surface area contributed by atoms with E-state index in [1.54, 1.807) is 0 Å². The van der Waals surface area contributed by atoms with Crippen LogP contribution in [0.1, 0.15) is 48.3 Å². The molecular weight excluding hydrogens is 260 g/mol. The molecule has 2 aromatic rings. The van der Waals surface area contributed by atoms with Crippen molar-refractivity contribution < 1.29 is 4.79 Å². The number of nitrogens with one attached hydrogen (secondary N) is 1. The normalized spacial score (nSPS) is 14.5. The first-order valence-electron chi connectivity index (χ1n) is 7.71. The number of carbonyl (C=O) groups excluding carboxylic acids is 1. The standard InChI is InChI=1S/C18H22N2O/c1-13(2)19-12-14-6-8-15(9-7-14)20-11-10-16-17(20)4-3-5-18(16)21/h6-11,13,19H,3-5,12H2,1-2H3. The third-order valence-electron chi connectivity index (χ3n) is 4.04. The average Bonchev–Trinajstić information content (AvgIpc) is 2.91. The molecule has 1 aromatic heterocycles. The van der Waals surface area contributed by atoms with Crippen molar-refractivity contribution in [1.82, 2.24) is 9.88 Å². The number of carbonyl (C=O) groups is 1. The molecule has 0 bridgehead atoms. The Hall–Kier alpha value is -1.87. The monoisotopic (exact) mass is 282 g/mol. The maximum absolute atomic E-state index is 11.9. The highest BCUT2D eigenvalue weighted by molar-refractivity contribution is 5.98. The van der Waals surface area contributed by atoms with Crippen molar-refractivity contribution >= 4 is 5.78 Å². The Kier molecular flexibility index (Phi) is 3.93. The van der Waals surface area contributed by atoms with Gasteiger partial charge in [0.15, 0.2) is 5.78 Å². The van der Waals surface area contributed by atoms with Gasteiger partial charge in [0, 0.05) is 42.1 Å². The number of hydrogen-bond donors (Lipinski definition) is 1. The van der Waals surface area contributed by atoms with Crippen molar-refractivity contribution in [3.05, 3.63) is 53.3 Å². The van der Waals surface area contributed by atoms with E-state index in [0.29, 0.717) is 12.5 Å². The van der Waals surface area contributed by atoms with Crippen LogP contribution >= 0.6 is 0 Å². The van der Waals surface area contributed by atoms with E-state index >= 15 is 0 Å². The van der Waals surface area contributed by atoms with E-state index < -0.39 is 0 Å². The summed E-state index contributed by atoms with van der Waals surface area (Å²) in [6, 6.07) is 11.0. The first kappa shape index (κ1) is 14.1. The highest BCUT2D eigenvalue weighted by Crippen LogP contribution is 2.25. The Bertz CT molecular complexity index is 638. The Morgan fingerprint density at radius 3 is 2.62 bits per heavy atom. The summed E-state index contributed by atoms with van der Waals surface area (Å²) in [6.45, 7) is 5.19. The lowest BCUT2D eigenvalue weighted by Crippen LogP contribution is -2.21. The minimum absolute atomic E-state index is 0.285. The Morgan fingerprint density at radius 2 is 1.90 bits per heavy atom. The second-order valence-electron chi connectivity index (χ2n) is 6.02. The minimum atomic E-state index is 0.285. The van der Waals surface area contributed by atoms with Crippen LogP contribution in [-0.2, 0) is 13.0 Å². The van der Waals surface area contributed by atoms with Gasteiger partial charge in [-0.2, -0.15) is 0 Å².